The molecule has 0 radical (unpaired) electrons. The third kappa shape index (κ3) is 6.03. The molecule has 2 aliphatic heterocycles. The molecule has 0 spiro atoms. The van der Waals surface area contributed by atoms with E-state index < -0.39 is 5.60 Å². The van der Waals surface area contributed by atoms with Crippen molar-refractivity contribution in [2.75, 3.05) is 19.6 Å². The highest BCUT2D eigenvalue weighted by Gasteiger charge is 2.26. The average Bonchev–Trinajstić information content (AvgIpc) is 3.33. The zero-order valence-electron chi connectivity index (χ0n) is 18.5. The molecule has 0 bridgehead atoms. The van der Waals surface area contributed by atoms with Gasteiger partial charge in [0.25, 0.3) is 5.91 Å². The number of hydrogen-bond donors (Lipinski definition) is 2. The van der Waals surface area contributed by atoms with Crippen LogP contribution in [0, 0.1) is 0 Å². The lowest BCUT2D eigenvalue weighted by Gasteiger charge is -2.34. The number of nitrogens with zero attached hydrogens (tertiary/aromatic N) is 2. The van der Waals surface area contributed by atoms with Crippen molar-refractivity contribution in [2.24, 2.45) is 0 Å². The van der Waals surface area contributed by atoms with Gasteiger partial charge in [0, 0.05) is 23.4 Å². The SMILES string of the molecule is CC(C)(O)CN1CCC(c2nc(COc3ccc(/C=C4\CC(=O)NC4=O)cc3)cs2)CC1. The molecule has 1 aromatic carbocycles. The second-order valence-electron chi connectivity index (χ2n) is 9.12. The molecule has 3 heterocycles. The first kappa shape index (κ1) is 22.6. The Bertz CT molecular complexity index is 999. The second-order valence-corrected chi connectivity index (χ2v) is 10.0. The van der Waals surface area contributed by atoms with Gasteiger partial charge in [-0.3, -0.25) is 14.9 Å². The van der Waals surface area contributed by atoms with Crippen LogP contribution in [0.1, 0.15) is 55.3 Å². The predicted octanol–water partition coefficient (Wildman–Crippen LogP) is 3.10. The molecule has 1 aromatic heterocycles. The standard InChI is InChI=1S/C24H29N3O4S/c1-24(2,30)15-27-9-7-17(8-10-27)23-25-19(14-32-23)13-31-20-5-3-16(4-6-20)11-18-12-21(28)26-22(18)29/h3-6,11,14,17,30H,7-10,12-13,15H2,1-2H3,(H,26,28,29)/b18-11+. The minimum Gasteiger partial charge on any atom is -0.487 e. The normalized spacial score (nSPS) is 19.5. The zero-order valence-corrected chi connectivity index (χ0v) is 19.3. The molecule has 0 atom stereocenters. The fourth-order valence-corrected chi connectivity index (χ4v) is 5.08. The van der Waals surface area contributed by atoms with Gasteiger partial charge < -0.3 is 14.7 Å². The molecule has 2 fully saturated rings. The number of amides is 2. The molecule has 4 rings (SSSR count). The Labute approximate surface area is 192 Å². The van der Waals surface area contributed by atoms with E-state index in [0.717, 1.165) is 47.9 Å². The first-order chi connectivity index (χ1) is 15.2. The van der Waals surface area contributed by atoms with Crippen LogP contribution in [0.25, 0.3) is 6.08 Å². The van der Waals surface area contributed by atoms with Crippen LogP contribution in [0.4, 0.5) is 0 Å². The van der Waals surface area contributed by atoms with Gasteiger partial charge >= 0.3 is 0 Å². The van der Waals surface area contributed by atoms with E-state index in [0.29, 0.717) is 24.6 Å². The molecule has 0 unspecified atom stereocenters. The highest BCUT2D eigenvalue weighted by atomic mass is 32.1. The smallest absolute Gasteiger partial charge is 0.254 e. The third-order valence-corrected chi connectivity index (χ3v) is 6.68. The Morgan fingerprint density at radius 1 is 1.25 bits per heavy atom. The number of thiazole rings is 1. The van der Waals surface area contributed by atoms with E-state index in [-0.39, 0.29) is 18.2 Å². The highest BCUT2D eigenvalue weighted by Crippen LogP contribution is 2.31. The number of nitrogens with one attached hydrogen (secondary N) is 1. The van der Waals surface area contributed by atoms with Gasteiger partial charge in [0.15, 0.2) is 0 Å². The van der Waals surface area contributed by atoms with Crippen molar-refractivity contribution in [2.45, 2.75) is 51.2 Å². The number of aliphatic hydroxyl groups is 1. The van der Waals surface area contributed by atoms with E-state index in [1.807, 2.05) is 38.1 Å². The maximum Gasteiger partial charge on any atom is 0.254 e. The summed E-state index contributed by atoms with van der Waals surface area (Å²) in [6.07, 6.45) is 3.97. The molecule has 0 saturated carbocycles. The summed E-state index contributed by atoms with van der Waals surface area (Å²) in [7, 11) is 0. The molecule has 2 N–H and O–H groups in total. The molecule has 7 nitrogen and oxygen atoms in total. The van der Waals surface area contributed by atoms with Gasteiger partial charge in [0.1, 0.15) is 12.4 Å². The van der Waals surface area contributed by atoms with Crippen LogP contribution in [0.2, 0.25) is 0 Å². The fourth-order valence-electron chi connectivity index (χ4n) is 4.10. The monoisotopic (exact) mass is 455 g/mol. The summed E-state index contributed by atoms with van der Waals surface area (Å²) in [5, 5.41) is 15.5. The van der Waals surface area contributed by atoms with Crippen LogP contribution in [0.15, 0.2) is 35.2 Å². The Hall–Kier alpha value is -2.55. The molecule has 170 valence electrons. The number of rotatable bonds is 7. The molecule has 2 aliphatic rings. The summed E-state index contributed by atoms with van der Waals surface area (Å²) in [5.41, 5.74) is 1.60. The second kappa shape index (κ2) is 9.52. The van der Waals surface area contributed by atoms with E-state index >= 15 is 0 Å². The Kier molecular flexibility index (Phi) is 6.74. The summed E-state index contributed by atoms with van der Waals surface area (Å²) in [4.78, 5) is 30.1. The number of piperidine rings is 1. The summed E-state index contributed by atoms with van der Waals surface area (Å²) in [5.74, 6) is 0.619. The van der Waals surface area contributed by atoms with Gasteiger partial charge in [-0.1, -0.05) is 12.1 Å². The predicted molar refractivity (Wildman–Crippen MR) is 123 cm³/mol. The van der Waals surface area contributed by atoms with Crippen LogP contribution in [-0.4, -0.2) is 52.0 Å². The number of carbonyl (C=O) groups excluding carboxylic acids is 2. The molecule has 0 aliphatic carbocycles. The van der Waals surface area contributed by atoms with Gasteiger partial charge in [-0.2, -0.15) is 0 Å². The van der Waals surface area contributed by atoms with E-state index in [9.17, 15) is 14.7 Å². The van der Waals surface area contributed by atoms with Crippen molar-refractivity contribution >= 4 is 29.2 Å². The summed E-state index contributed by atoms with van der Waals surface area (Å²) >= 11 is 1.69. The number of likely N-dealkylation sites (tertiary alicyclic amines) is 1. The quantitative estimate of drug-likeness (QED) is 0.492. The number of imide groups is 1. The van der Waals surface area contributed by atoms with Crippen LogP contribution in [0.5, 0.6) is 5.75 Å². The van der Waals surface area contributed by atoms with Gasteiger partial charge in [-0.05, 0) is 63.6 Å². The number of β-amino-alcohol motifs (C(OH)–C–C–N with tert-alkyl or cyclic N) is 1. The number of aromatic nitrogens is 1. The maximum absolute atomic E-state index is 11.7. The first-order valence-corrected chi connectivity index (χ1v) is 11.8. The van der Waals surface area contributed by atoms with E-state index in [1.54, 1.807) is 17.4 Å². The van der Waals surface area contributed by atoms with Crippen molar-refractivity contribution in [3.8, 4) is 5.75 Å². The van der Waals surface area contributed by atoms with E-state index in [4.69, 9.17) is 9.72 Å². The van der Waals surface area contributed by atoms with Gasteiger partial charge in [-0.25, -0.2) is 4.98 Å². The van der Waals surface area contributed by atoms with Crippen molar-refractivity contribution < 1.29 is 19.4 Å². The average molecular weight is 456 g/mol. The van der Waals surface area contributed by atoms with Crippen LogP contribution in [-0.2, 0) is 16.2 Å². The minimum atomic E-state index is -0.655. The van der Waals surface area contributed by atoms with Gasteiger partial charge in [-0.15, -0.1) is 11.3 Å². The lowest BCUT2D eigenvalue weighted by Crippen LogP contribution is -2.42. The fraction of sp³-hybridized carbons (Fsp3) is 0.458. The van der Waals surface area contributed by atoms with Crippen molar-refractivity contribution in [3.63, 3.8) is 0 Å². The Balaban J connectivity index is 1.27. The van der Waals surface area contributed by atoms with Crippen molar-refractivity contribution in [3.05, 3.63) is 51.5 Å². The summed E-state index contributed by atoms with van der Waals surface area (Å²) in [6, 6.07) is 7.44. The Morgan fingerprint density at radius 2 is 1.97 bits per heavy atom. The molecular formula is C24H29N3O4S. The highest BCUT2D eigenvalue weighted by molar-refractivity contribution is 7.09. The maximum atomic E-state index is 11.7. The summed E-state index contributed by atoms with van der Waals surface area (Å²) in [6.45, 7) is 6.79. The molecular weight excluding hydrogens is 426 g/mol. The van der Waals surface area contributed by atoms with Crippen molar-refractivity contribution in [1.29, 1.82) is 0 Å². The lowest BCUT2D eigenvalue weighted by molar-refractivity contribution is -0.124. The molecule has 2 amide bonds. The van der Waals surface area contributed by atoms with Crippen LogP contribution < -0.4 is 10.1 Å². The molecule has 2 aromatic rings. The number of benzene rings is 1. The van der Waals surface area contributed by atoms with Gasteiger partial charge in [0.2, 0.25) is 5.91 Å². The van der Waals surface area contributed by atoms with Crippen LogP contribution >= 0.6 is 11.3 Å². The lowest BCUT2D eigenvalue weighted by atomic mass is 9.96. The van der Waals surface area contributed by atoms with Gasteiger partial charge in [0.05, 0.1) is 22.7 Å². The van der Waals surface area contributed by atoms with E-state index in [2.05, 4.69) is 15.6 Å². The number of ether oxygens (including phenoxy) is 1. The number of hydrogen-bond acceptors (Lipinski definition) is 7. The molecule has 32 heavy (non-hydrogen) atoms. The minimum absolute atomic E-state index is 0.127. The third-order valence-electron chi connectivity index (χ3n) is 5.62. The molecule has 8 heteroatoms. The number of carbonyl (C=O) groups is 2. The summed E-state index contributed by atoms with van der Waals surface area (Å²) < 4.78 is 5.88. The largest absolute Gasteiger partial charge is 0.487 e. The first-order valence-electron chi connectivity index (χ1n) is 10.9. The zero-order chi connectivity index (χ0) is 22.7. The topological polar surface area (TPSA) is 91.8 Å². The Morgan fingerprint density at radius 3 is 2.59 bits per heavy atom. The molecule has 2 saturated heterocycles. The van der Waals surface area contributed by atoms with Crippen molar-refractivity contribution in [1.82, 2.24) is 15.2 Å². The van der Waals surface area contributed by atoms with E-state index in [1.165, 1.54) is 0 Å². The van der Waals surface area contributed by atoms with Crippen LogP contribution in [0.3, 0.4) is 0 Å².